The highest BCUT2D eigenvalue weighted by molar-refractivity contribution is 5.96. The summed E-state index contributed by atoms with van der Waals surface area (Å²) in [6.07, 6.45) is 0. The van der Waals surface area contributed by atoms with E-state index in [2.05, 4.69) is 35.4 Å². The van der Waals surface area contributed by atoms with Crippen LogP contribution in [-0.4, -0.2) is 46.8 Å². The standard InChI is InChI=1S/C23H26N4O/c1-18-22(19(2)27(24-18)21-11-7-4-8-12-21)23(28)26-15-13-25(14-16-26)17-20-9-5-3-6-10-20/h3-12H,13-17H2,1-2H3/p+1. The van der Waals surface area contributed by atoms with Crippen molar-refractivity contribution in [3.05, 3.63) is 83.2 Å². The Hall–Kier alpha value is -2.92. The fraction of sp³-hybridized carbons (Fsp3) is 0.304. The van der Waals surface area contributed by atoms with Crippen LogP contribution in [0.25, 0.3) is 5.69 Å². The van der Waals surface area contributed by atoms with Gasteiger partial charge in [0.1, 0.15) is 6.54 Å². The minimum atomic E-state index is 0.107. The molecule has 4 rings (SSSR count). The molecular weight excluding hydrogens is 348 g/mol. The molecule has 0 bridgehead atoms. The minimum Gasteiger partial charge on any atom is -0.328 e. The van der Waals surface area contributed by atoms with Gasteiger partial charge in [-0.1, -0.05) is 48.5 Å². The minimum absolute atomic E-state index is 0.107. The van der Waals surface area contributed by atoms with Crippen molar-refractivity contribution in [2.24, 2.45) is 0 Å². The monoisotopic (exact) mass is 375 g/mol. The Morgan fingerprint density at radius 1 is 0.964 bits per heavy atom. The van der Waals surface area contributed by atoms with Gasteiger partial charge in [0.05, 0.1) is 48.8 Å². The summed E-state index contributed by atoms with van der Waals surface area (Å²) >= 11 is 0. The molecule has 5 nitrogen and oxygen atoms in total. The molecule has 1 aliphatic rings. The highest BCUT2D eigenvalue weighted by Crippen LogP contribution is 2.19. The molecule has 5 heteroatoms. The molecule has 0 aliphatic carbocycles. The third kappa shape index (κ3) is 3.71. The molecule has 1 aromatic heterocycles. The summed E-state index contributed by atoms with van der Waals surface area (Å²) in [4.78, 5) is 16.7. The van der Waals surface area contributed by atoms with Crippen LogP contribution >= 0.6 is 0 Å². The number of quaternary nitrogens is 1. The second kappa shape index (κ2) is 7.98. The molecule has 1 amide bonds. The number of piperazine rings is 1. The number of para-hydroxylation sites is 1. The summed E-state index contributed by atoms with van der Waals surface area (Å²) in [6, 6.07) is 20.6. The number of hydrogen-bond acceptors (Lipinski definition) is 2. The van der Waals surface area contributed by atoms with Crippen molar-refractivity contribution in [2.45, 2.75) is 20.4 Å². The Kier molecular flexibility index (Phi) is 5.26. The third-order valence-electron chi connectivity index (χ3n) is 5.56. The average molecular weight is 375 g/mol. The van der Waals surface area contributed by atoms with Crippen molar-refractivity contribution >= 4 is 5.91 Å². The van der Waals surface area contributed by atoms with Gasteiger partial charge in [-0.05, 0) is 26.0 Å². The lowest BCUT2D eigenvalue weighted by Gasteiger charge is -2.32. The van der Waals surface area contributed by atoms with Gasteiger partial charge in [-0.2, -0.15) is 5.10 Å². The maximum atomic E-state index is 13.2. The van der Waals surface area contributed by atoms with Crippen LogP contribution in [0.5, 0.6) is 0 Å². The smallest absolute Gasteiger partial charge is 0.258 e. The number of carbonyl (C=O) groups is 1. The van der Waals surface area contributed by atoms with Gasteiger partial charge < -0.3 is 9.80 Å². The van der Waals surface area contributed by atoms with Gasteiger partial charge in [0.2, 0.25) is 0 Å². The van der Waals surface area contributed by atoms with Gasteiger partial charge in [0.25, 0.3) is 5.91 Å². The zero-order valence-corrected chi connectivity index (χ0v) is 16.6. The predicted octanol–water partition coefficient (Wildman–Crippen LogP) is 2.03. The van der Waals surface area contributed by atoms with Gasteiger partial charge >= 0.3 is 0 Å². The fourth-order valence-corrected chi connectivity index (χ4v) is 4.02. The number of aryl methyl sites for hydroxylation is 1. The maximum Gasteiger partial charge on any atom is 0.258 e. The lowest BCUT2D eigenvalue weighted by molar-refractivity contribution is -0.917. The van der Waals surface area contributed by atoms with E-state index in [-0.39, 0.29) is 5.91 Å². The van der Waals surface area contributed by atoms with E-state index in [9.17, 15) is 4.79 Å². The van der Waals surface area contributed by atoms with Crippen LogP contribution in [-0.2, 0) is 6.54 Å². The second-order valence-electron chi connectivity index (χ2n) is 7.50. The van der Waals surface area contributed by atoms with Crippen LogP contribution < -0.4 is 4.90 Å². The fourth-order valence-electron chi connectivity index (χ4n) is 4.02. The first-order valence-electron chi connectivity index (χ1n) is 9.92. The Labute approximate surface area is 166 Å². The highest BCUT2D eigenvalue weighted by atomic mass is 16.2. The number of benzene rings is 2. The van der Waals surface area contributed by atoms with Crippen molar-refractivity contribution in [1.29, 1.82) is 0 Å². The van der Waals surface area contributed by atoms with Crippen molar-refractivity contribution in [2.75, 3.05) is 26.2 Å². The molecule has 1 N–H and O–H groups in total. The first-order valence-corrected chi connectivity index (χ1v) is 9.92. The molecule has 3 aromatic rings. The lowest BCUT2D eigenvalue weighted by atomic mass is 10.1. The number of amides is 1. The van der Waals surface area contributed by atoms with E-state index in [0.29, 0.717) is 0 Å². The van der Waals surface area contributed by atoms with Crippen LogP contribution in [0.2, 0.25) is 0 Å². The second-order valence-corrected chi connectivity index (χ2v) is 7.50. The van der Waals surface area contributed by atoms with E-state index in [4.69, 9.17) is 0 Å². The maximum absolute atomic E-state index is 13.2. The largest absolute Gasteiger partial charge is 0.328 e. The van der Waals surface area contributed by atoms with Crippen molar-refractivity contribution in [3.8, 4) is 5.69 Å². The van der Waals surface area contributed by atoms with E-state index < -0.39 is 0 Å². The molecule has 1 aliphatic heterocycles. The van der Waals surface area contributed by atoms with Crippen molar-refractivity contribution in [3.63, 3.8) is 0 Å². The topological polar surface area (TPSA) is 42.6 Å². The first kappa shape index (κ1) is 18.4. The molecule has 0 saturated carbocycles. The zero-order chi connectivity index (χ0) is 19.5. The van der Waals surface area contributed by atoms with Crippen LogP contribution in [0.4, 0.5) is 0 Å². The number of hydrogen-bond donors (Lipinski definition) is 1. The molecule has 144 valence electrons. The molecule has 1 fully saturated rings. The third-order valence-corrected chi connectivity index (χ3v) is 5.56. The molecule has 2 aromatic carbocycles. The molecular formula is C23H27N4O+. The van der Waals surface area contributed by atoms with Crippen LogP contribution in [0.15, 0.2) is 60.7 Å². The van der Waals surface area contributed by atoms with Gasteiger partial charge in [-0.3, -0.25) is 4.79 Å². The Morgan fingerprint density at radius 3 is 2.21 bits per heavy atom. The van der Waals surface area contributed by atoms with E-state index in [1.165, 1.54) is 10.5 Å². The molecule has 0 atom stereocenters. The molecule has 28 heavy (non-hydrogen) atoms. The van der Waals surface area contributed by atoms with E-state index in [1.54, 1.807) is 0 Å². The lowest BCUT2D eigenvalue weighted by Crippen LogP contribution is -3.13. The molecule has 1 saturated heterocycles. The molecule has 0 unspecified atom stereocenters. The number of nitrogens with one attached hydrogen (secondary N) is 1. The number of carbonyl (C=O) groups excluding carboxylic acids is 1. The predicted molar refractivity (Wildman–Crippen MR) is 110 cm³/mol. The molecule has 0 radical (unpaired) electrons. The summed E-state index contributed by atoms with van der Waals surface area (Å²) in [7, 11) is 0. The summed E-state index contributed by atoms with van der Waals surface area (Å²) < 4.78 is 1.87. The Bertz CT molecular complexity index is 941. The highest BCUT2D eigenvalue weighted by Gasteiger charge is 2.28. The number of aromatic nitrogens is 2. The summed E-state index contributed by atoms with van der Waals surface area (Å²) in [5.41, 5.74) is 4.79. The quantitative estimate of drug-likeness (QED) is 0.758. The van der Waals surface area contributed by atoms with Gasteiger partial charge in [-0.25, -0.2) is 4.68 Å². The van der Waals surface area contributed by atoms with E-state index in [0.717, 1.165) is 55.4 Å². The van der Waals surface area contributed by atoms with Gasteiger partial charge in [0, 0.05) is 5.56 Å². The zero-order valence-electron chi connectivity index (χ0n) is 16.6. The summed E-state index contributed by atoms with van der Waals surface area (Å²) in [5.74, 6) is 0.107. The summed E-state index contributed by atoms with van der Waals surface area (Å²) in [5, 5.41) is 4.63. The summed E-state index contributed by atoms with van der Waals surface area (Å²) in [6.45, 7) is 8.46. The normalized spacial score (nSPS) is 15.0. The van der Waals surface area contributed by atoms with Gasteiger partial charge in [0.15, 0.2) is 0 Å². The van der Waals surface area contributed by atoms with Crippen molar-refractivity contribution in [1.82, 2.24) is 14.7 Å². The van der Waals surface area contributed by atoms with Crippen LogP contribution in [0.1, 0.15) is 27.3 Å². The molecule has 2 heterocycles. The van der Waals surface area contributed by atoms with Crippen LogP contribution in [0, 0.1) is 13.8 Å². The SMILES string of the molecule is Cc1nn(-c2ccccc2)c(C)c1C(=O)N1CC[NH+](Cc2ccccc2)CC1. The number of rotatable bonds is 4. The Morgan fingerprint density at radius 2 is 1.57 bits per heavy atom. The van der Waals surface area contributed by atoms with E-state index >= 15 is 0 Å². The average Bonchev–Trinajstić information content (AvgIpc) is 3.03. The number of nitrogens with zero attached hydrogens (tertiary/aromatic N) is 3. The van der Waals surface area contributed by atoms with E-state index in [1.807, 2.05) is 53.8 Å². The van der Waals surface area contributed by atoms with Gasteiger partial charge in [-0.15, -0.1) is 0 Å². The molecule has 0 spiro atoms. The Balaban J connectivity index is 1.45. The van der Waals surface area contributed by atoms with Crippen LogP contribution in [0.3, 0.4) is 0 Å². The first-order chi connectivity index (χ1) is 13.6. The van der Waals surface area contributed by atoms with Crippen molar-refractivity contribution < 1.29 is 9.69 Å².